The van der Waals surface area contributed by atoms with Crippen molar-refractivity contribution in [3.8, 4) is 0 Å². The average molecular weight is 455 g/mol. The number of aromatic nitrogens is 1. The number of hydrogen-bond acceptors (Lipinski definition) is 2. The van der Waals surface area contributed by atoms with Gasteiger partial charge in [-0.05, 0) is 36.2 Å². The smallest absolute Gasteiger partial charge is 0.361 e. The molecule has 2 aromatic carbocycles. The molecule has 4 rings (SSSR count). The number of carbonyl (C=O) groups is 1. The van der Waals surface area contributed by atoms with Crippen LogP contribution in [0.25, 0.3) is 10.9 Å². The van der Waals surface area contributed by atoms with Gasteiger partial charge in [0.2, 0.25) is 0 Å². The number of piperazine rings is 1. The van der Waals surface area contributed by atoms with Crippen LogP contribution < -0.4 is 5.32 Å². The van der Waals surface area contributed by atoms with E-state index in [1.165, 1.54) is 4.90 Å². The van der Waals surface area contributed by atoms with Gasteiger partial charge in [-0.2, -0.15) is 26.3 Å². The zero-order valence-electron chi connectivity index (χ0n) is 16.6. The lowest BCUT2D eigenvalue weighted by Gasteiger charge is -2.36. The van der Waals surface area contributed by atoms with Crippen molar-refractivity contribution in [2.24, 2.45) is 0 Å². The van der Waals surface area contributed by atoms with Crippen molar-refractivity contribution >= 4 is 16.8 Å². The quantitative estimate of drug-likeness (QED) is 0.554. The van der Waals surface area contributed by atoms with Crippen LogP contribution in [0.15, 0.2) is 48.7 Å². The van der Waals surface area contributed by atoms with Crippen molar-refractivity contribution < 1.29 is 31.1 Å². The molecule has 0 spiro atoms. The van der Waals surface area contributed by atoms with E-state index in [9.17, 15) is 31.1 Å². The van der Waals surface area contributed by atoms with E-state index in [1.54, 1.807) is 6.20 Å². The fraction of sp³-hybridized carbons (Fsp3) is 0.318. The van der Waals surface area contributed by atoms with Crippen LogP contribution in [0.2, 0.25) is 0 Å². The molecule has 2 heterocycles. The number of amides is 1. The SMILES string of the molecule is O=C(c1cc(C(F)(F)F)cc(C(F)(F)F)c1)N1CCNC[C@H]1Cc1c[nH]c2ccccc12. The molecule has 10 heteroatoms. The third kappa shape index (κ3) is 4.45. The highest BCUT2D eigenvalue weighted by Crippen LogP contribution is 2.36. The van der Waals surface area contributed by atoms with Crippen molar-refractivity contribution in [2.75, 3.05) is 19.6 Å². The van der Waals surface area contributed by atoms with E-state index >= 15 is 0 Å². The molecule has 1 saturated heterocycles. The number of H-pyrrole nitrogens is 1. The van der Waals surface area contributed by atoms with Gasteiger partial charge in [-0.15, -0.1) is 0 Å². The fourth-order valence-electron chi connectivity index (χ4n) is 4.01. The van der Waals surface area contributed by atoms with E-state index < -0.39 is 41.0 Å². The number of fused-ring (bicyclic) bond motifs is 1. The summed E-state index contributed by atoms with van der Waals surface area (Å²) in [7, 11) is 0. The Morgan fingerprint density at radius 2 is 1.66 bits per heavy atom. The Balaban J connectivity index is 1.67. The maximum absolute atomic E-state index is 13.2. The number of nitrogens with zero attached hydrogens (tertiary/aromatic N) is 1. The lowest BCUT2D eigenvalue weighted by Crippen LogP contribution is -2.54. The number of halogens is 6. The topological polar surface area (TPSA) is 48.1 Å². The molecule has 170 valence electrons. The van der Waals surface area contributed by atoms with E-state index in [1.807, 2.05) is 24.3 Å². The summed E-state index contributed by atoms with van der Waals surface area (Å²) in [4.78, 5) is 17.6. The van der Waals surface area contributed by atoms with Gasteiger partial charge >= 0.3 is 12.4 Å². The second kappa shape index (κ2) is 8.16. The summed E-state index contributed by atoms with van der Waals surface area (Å²) < 4.78 is 79.3. The lowest BCUT2D eigenvalue weighted by atomic mass is 9.99. The minimum atomic E-state index is -5.01. The molecule has 0 bridgehead atoms. The summed E-state index contributed by atoms with van der Waals surface area (Å²) in [5, 5.41) is 4.09. The second-order valence-electron chi connectivity index (χ2n) is 7.71. The van der Waals surface area contributed by atoms with Gasteiger partial charge in [-0.3, -0.25) is 4.79 Å². The summed E-state index contributed by atoms with van der Waals surface area (Å²) in [6.07, 6.45) is -7.83. The van der Waals surface area contributed by atoms with Crippen molar-refractivity contribution in [1.29, 1.82) is 0 Å². The van der Waals surface area contributed by atoms with Gasteiger partial charge in [0.05, 0.1) is 11.1 Å². The molecule has 0 aliphatic carbocycles. The number of aromatic amines is 1. The predicted molar refractivity (Wildman–Crippen MR) is 106 cm³/mol. The lowest BCUT2D eigenvalue weighted by molar-refractivity contribution is -0.143. The summed E-state index contributed by atoms with van der Waals surface area (Å²) in [5.41, 5.74) is -1.82. The summed E-state index contributed by atoms with van der Waals surface area (Å²) in [5.74, 6) is -0.854. The third-order valence-corrected chi connectivity index (χ3v) is 5.58. The average Bonchev–Trinajstić information content (AvgIpc) is 3.15. The summed E-state index contributed by atoms with van der Waals surface area (Å²) in [6, 6.07) is 8.10. The van der Waals surface area contributed by atoms with Gasteiger partial charge in [0.1, 0.15) is 0 Å². The first kappa shape index (κ1) is 22.2. The zero-order valence-corrected chi connectivity index (χ0v) is 16.6. The van der Waals surface area contributed by atoms with Gasteiger partial charge in [0, 0.05) is 48.3 Å². The van der Waals surface area contributed by atoms with E-state index in [4.69, 9.17) is 0 Å². The molecule has 1 fully saturated rings. The van der Waals surface area contributed by atoms with Crippen LogP contribution in [0.4, 0.5) is 26.3 Å². The minimum absolute atomic E-state index is 0.0258. The number of rotatable bonds is 3. The summed E-state index contributed by atoms with van der Waals surface area (Å²) >= 11 is 0. The highest BCUT2D eigenvalue weighted by molar-refractivity contribution is 5.95. The van der Waals surface area contributed by atoms with Crippen LogP contribution >= 0.6 is 0 Å². The molecule has 0 saturated carbocycles. The number of hydrogen-bond donors (Lipinski definition) is 2. The van der Waals surface area contributed by atoms with Crippen LogP contribution in [0.3, 0.4) is 0 Å². The van der Waals surface area contributed by atoms with Gasteiger partial charge in [0.25, 0.3) is 5.91 Å². The molecule has 2 N–H and O–H groups in total. The molecule has 32 heavy (non-hydrogen) atoms. The molecule has 1 atom stereocenters. The number of nitrogens with one attached hydrogen (secondary N) is 2. The Hall–Kier alpha value is -3.01. The molecule has 0 unspecified atom stereocenters. The third-order valence-electron chi connectivity index (χ3n) is 5.58. The first-order valence-corrected chi connectivity index (χ1v) is 9.90. The minimum Gasteiger partial charge on any atom is -0.361 e. The van der Waals surface area contributed by atoms with E-state index in [-0.39, 0.29) is 12.6 Å². The molecule has 0 radical (unpaired) electrons. The van der Waals surface area contributed by atoms with Crippen LogP contribution in [0, 0.1) is 0 Å². The van der Waals surface area contributed by atoms with Crippen molar-refractivity contribution in [1.82, 2.24) is 15.2 Å². The Morgan fingerprint density at radius 1 is 1.00 bits per heavy atom. The fourth-order valence-corrected chi connectivity index (χ4v) is 4.01. The zero-order chi connectivity index (χ0) is 23.1. The number of benzene rings is 2. The van der Waals surface area contributed by atoms with Gasteiger partial charge < -0.3 is 15.2 Å². The second-order valence-corrected chi connectivity index (χ2v) is 7.71. The Bertz CT molecular complexity index is 1100. The Kier molecular flexibility index (Phi) is 5.66. The van der Waals surface area contributed by atoms with Crippen LogP contribution in [0.5, 0.6) is 0 Å². The van der Waals surface area contributed by atoms with Crippen molar-refractivity contribution in [3.63, 3.8) is 0 Å². The van der Waals surface area contributed by atoms with Crippen LogP contribution in [0.1, 0.15) is 27.0 Å². The number of para-hydroxylation sites is 1. The number of alkyl halides is 6. The monoisotopic (exact) mass is 455 g/mol. The van der Waals surface area contributed by atoms with E-state index in [2.05, 4.69) is 10.3 Å². The molecule has 1 aromatic heterocycles. The maximum atomic E-state index is 13.2. The molecular formula is C22H19F6N3O. The standard InChI is InChI=1S/C22H19F6N3O/c23-21(24,25)15-7-13(8-16(10-15)22(26,27)28)20(32)31-6-5-29-12-17(31)9-14-11-30-19-4-2-1-3-18(14)19/h1-4,7-8,10-11,17,29-30H,5-6,9,12H2/t17-/m1/s1. The maximum Gasteiger partial charge on any atom is 0.416 e. The molecular weight excluding hydrogens is 436 g/mol. The largest absolute Gasteiger partial charge is 0.416 e. The first-order valence-electron chi connectivity index (χ1n) is 9.90. The predicted octanol–water partition coefficient (Wildman–Crippen LogP) is 4.86. The first-order chi connectivity index (χ1) is 15.0. The molecule has 1 aliphatic heterocycles. The van der Waals surface area contributed by atoms with Gasteiger partial charge in [-0.25, -0.2) is 0 Å². The molecule has 1 amide bonds. The Morgan fingerprint density at radius 3 is 2.31 bits per heavy atom. The Labute approximate surface area is 179 Å². The van der Waals surface area contributed by atoms with Crippen molar-refractivity contribution in [2.45, 2.75) is 24.8 Å². The van der Waals surface area contributed by atoms with E-state index in [0.717, 1.165) is 16.5 Å². The van der Waals surface area contributed by atoms with Gasteiger partial charge in [-0.1, -0.05) is 18.2 Å². The highest BCUT2D eigenvalue weighted by atomic mass is 19.4. The normalized spacial score (nSPS) is 17.7. The summed E-state index contributed by atoms with van der Waals surface area (Å²) in [6.45, 7) is 0.932. The highest BCUT2D eigenvalue weighted by Gasteiger charge is 2.38. The van der Waals surface area contributed by atoms with Gasteiger partial charge in [0.15, 0.2) is 0 Å². The molecule has 4 nitrogen and oxygen atoms in total. The van der Waals surface area contributed by atoms with Crippen LogP contribution in [-0.2, 0) is 18.8 Å². The van der Waals surface area contributed by atoms with Crippen LogP contribution in [-0.4, -0.2) is 41.5 Å². The molecule has 3 aromatic rings. The van der Waals surface area contributed by atoms with Crippen molar-refractivity contribution in [3.05, 3.63) is 70.9 Å². The molecule has 1 aliphatic rings. The van der Waals surface area contributed by atoms with E-state index in [0.29, 0.717) is 31.6 Å². The number of carbonyl (C=O) groups excluding carboxylic acids is 1.